The van der Waals surface area contributed by atoms with Crippen LogP contribution in [0.1, 0.15) is 0 Å². The second kappa shape index (κ2) is 4.99. The van der Waals surface area contributed by atoms with Crippen molar-refractivity contribution >= 4 is 43.5 Å². The van der Waals surface area contributed by atoms with Crippen molar-refractivity contribution in [3.8, 4) is 5.69 Å². The molecule has 26 heavy (non-hydrogen) atoms. The predicted octanol–water partition coefficient (Wildman–Crippen LogP) is 6.42. The number of H-pyrrole nitrogens is 1. The minimum Gasteiger partial charge on any atom is -0.354 e. The lowest BCUT2D eigenvalue weighted by atomic mass is 10.1. The van der Waals surface area contributed by atoms with Gasteiger partial charge >= 0.3 is 0 Å². The minimum atomic E-state index is 1.18. The average Bonchev–Trinajstić information content (AvgIpc) is 3.27. The van der Waals surface area contributed by atoms with Crippen LogP contribution < -0.4 is 0 Å². The zero-order chi connectivity index (χ0) is 17.1. The van der Waals surface area contributed by atoms with Gasteiger partial charge in [-0.15, -0.1) is 0 Å². The number of hydrogen-bond acceptors (Lipinski definition) is 0. The van der Waals surface area contributed by atoms with E-state index in [1.807, 2.05) is 0 Å². The van der Waals surface area contributed by atoms with Crippen molar-refractivity contribution in [2.45, 2.75) is 0 Å². The fourth-order valence-electron chi connectivity index (χ4n) is 4.09. The molecule has 0 radical (unpaired) electrons. The number of aromatic amines is 1. The van der Waals surface area contributed by atoms with Gasteiger partial charge in [0.25, 0.3) is 0 Å². The van der Waals surface area contributed by atoms with Crippen LogP contribution in [0.2, 0.25) is 0 Å². The van der Waals surface area contributed by atoms with Crippen molar-refractivity contribution < 1.29 is 0 Å². The maximum absolute atomic E-state index is 3.67. The summed E-state index contributed by atoms with van der Waals surface area (Å²) in [6.07, 6.45) is 2.15. The maximum Gasteiger partial charge on any atom is 0.0549 e. The Kier molecular flexibility index (Phi) is 2.64. The number of nitrogens with zero attached hydrogens (tertiary/aromatic N) is 1. The zero-order valence-corrected chi connectivity index (χ0v) is 14.1. The molecule has 2 heterocycles. The summed E-state index contributed by atoms with van der Waals surface area (Å²) in [5.41, 5.74) is 4.81. The fraction of sp³-hybridized carbons (Fsp3) is 0. The van der Waals surface area contributed by atoms with Gasteiger partial charge in [-0.05, 0) is 35.7 Å². The van der Waals surface area contributed by atoms with Crippen molar-refractivity contribution in [1.29, 1.82) is 0 Å². The van der Waals surface area contributed by atoms with Crippen LogP contribution in [0.3, 0.4) is 0 Å². The Bertz CT molecular complexity index is 1420. The summed E-state index contributed by atoms with van der Waals surface area (Å²) in [6.45, 7) is 0. The lowest BCUT2D eigenvalue weighted by Gasteiger charge is -2.05. The summed E-state index contributed by atoms with van der Waals surface area (Å²) >= 11 is 0. The van der Waals surface area contributed by atoms with E-state index < -0.39 is 0 Å². The van der Waals surface area contributed by atoms with Gasteiger partial charge in [0.05, 0.1) is 11.0 Å². The number of hydrogen-bond donors (Lipinski definition) is 1. The smallest absolute Gasteiger partial charge is 0.0549 e. The highest BCUT2D eigenvalue weighted by Crippen LogP contribution is 2.34. The van der Waals surface area contributed by atoms with Gasteiger partial charge < -0.3 is 9.55 Å². The molecule has 0 saturated carbocycles. The monoisotopic (exact) mass is 332 g/mol. The third kappa shape index (κ3) is 1.81. The van der Waals surface area contributed by atoms with E-state index >= 15 is 0 Å². The SMILES string of the molecule is c1ccc(-n2ccc3cc4c(cc32)[nH]c2c3ccccc3ccc42)cc1. The van der Waals surface area contributed by atoms with E-state index in [4.69, 9.17) is 0 Å². The molecule has 2 heteroatoms. The summed E-state index contributed by atoms with van der Waals surface area (Å²) in [4.78, 5) is 3.67. The molecule has 0 unspecified atom stereocenters. The Morgan fingerprint density at radius 3 is 2.38 bits per heavy atom. The molecule has 6 aromatic rings. The molecule has 6 rings (SSSR count). The molecular formula is C24H16N2. The number of nitrogens with one attached hydrogen (secondary N) is 1. The van der Waals surface area contributed by atoms with Crippen LogP contribution in [0.15, 0.2) is 91.1 Å². The summed E-state index contributed by atoms with van der Waals surface area (Å²) < 4.78 is 2.25. The summed E-state index contributed by atoms with van der Waals surface area (Å²) in [5, 5.41) is 6.37. The molecule has 0 aliphatic rings. The second-order valence-corrected chi connectivity index (χ2v) is 6.81. The van der Waals surface area contributed by atoms with Crippen LogP contribution in [0, 0.1) is 0 Å². The quantitative estimate of drug-likeness (QED) is 0.359. The Balaban J connectivity index is 1.71. The van der Waals surface area contributed by atoms with E-state index in [2.05, 4.69) is 101 Å². The largest absolute Gasteiger partial charge is 0.354 e. The standard InChI is InChI=1S/C24H16N2/c1-2-7-18(8-3-1)26-13-12-17-14-21-20-11-10-16-6-4-5-9-19(16)24(20)25-22(21)15-23(17)26/h1-15,25H. The third-order valence-corrected chi connectivity index (χ3v) is 5.34. The molecule has 0 atom stereocenters. The Hall–Kier alpha value is -3.52. The first-order valence-corrected chi connectivity index (χ1v) is 8.88. The maximum atomic E-state index is 3.67. The van der Waals surface area contributed by atoms with E-state index in [0.29, 0.717) is 0 Å². The first-order valence-electron chi connectivity index (χ1n) is 8.88. The van der Waals surface area contributed by atoms with Crippen LogP contribution >= 0.6 is 0 Å². The highest BCUT2D eigenvalue weighted by Gasteiger charge is 2.11. The molecule has 4 aromatic carbocycles. The van der Waals surface area contributed by atoms with E-state index in [9.17, 15) is 0 Å². The van der Waals surface area contributed by atoms with Gasteiger partial charge in [0.1, 0.15) is 0 Å². The Labute approximate surface area is 150 Å². The highest BCUT2D eigenvalue weighted by atomic mass is 15.0. The van der Waals surface area contributed by atoms with Crippen molar-refractivity contribution in [3.05, 3.63) is 91.1 Å². The molecule has 1 N–H and O–H groups in total. The van der Waals surface area contributed by atoms with Crippen molar-refractivity contribution in [2.24, 2.45) is 0 Å². The van der Waals surface area contributed by atoms with Crippen molar-refractivity contribution in [1.82, 2.24) is 9.55 Å². The van der Waals surface area contributed by atoms with Crippen LogP contribution in [-0.2, 0) is 0 Å². The number of benzene rings is 4. The fourth-order valence-corrected chi connectivity index (χ4v) is 4.09. The highest BCUT2D eigenvalue weighted by molar-refractivity contribution is 6.19. The lowest BCUT2D eigenvalue weighted by Crippen LogP contribution is -1.90. The molecule has 0 fully saturated rings. The normalized spacial score (nSPS) is 11.8. The molecule has 0 saturated heterocycles. The molecule has 0 spiro atoms. The molecule has 0 aliphatic heterocycles. The van der Waals surface area contributed by atoms with Crippen LogP contribution in [0.4, 0.5) is 0 Å². The van der Waals surface area contributed by atoms with E-state index in [1.54, 1.807) is 0 Å². The summed E-state index contributed by atoms with van der Waals surface area (Å²) in [5.74, 6) is 0. The first kappa shape index (κ1) is 13.7. The number of aromatic nitrogens is 2. The van der Waals surface area contributed by atoms with E-state index in [1.165, 1.54) is 49.2 Å². The molecule has 0 bridgehead atoms. The summed E-state index contributed by atoms with van der Waals surface area (Å²) in [6, 6.07) is 30.3. The van der Waals surface area contributed by atoms with Gasteiger partial charge in [-0.1, -0.05) is 54.6 Å². The van der Waals surface area contributed by atoms with Gasteiger partial charge in [-0.25, -0.2) is 0 Å². The van der Waals surface area contributed by atoms with Crippen LogP contribution in [-0.4, -0.2) is 9.55 Å². The molecule has 0 amide bonds. The number of para-hydroxylation sites is 1. The average molecular weight is 332 g/mol. The van der Waals surface area contributed by atoms with Gasteiger partial charge in [0, 0.05) is 38.9 Å². The number of fused-ring (bicyclic) bond motifs is 6. The minimum absolute atomic E-state index is 1.18. The van der Waals surface area contributed by atoms with Gasteiger partial charge in [-0.3, -0.25) is 0 Å². The Morgan fingerprint density at radius 2 is 1.46 bits per heavy atom. The van der Waals surface area contributed by atoms with Crippen molar-refractivity contribution in [2.75, 3.05) is 0 Å². The first-order chi connectivity index (χ1) is 12.9. The zero-order valence-electron chi connectivity index (χ0n) is 14.1. The molecular weight excluding hydrogens is 316 g/mol. The van der Waals surface area contributed by atoms with Crippen LogP contribution in [0.5, 0.6) is 0 Å². The molecule has 2 aromatic heterocycles. The van der Waals surface area contributed by atoms with Crippen molar-refractivity contribution in [3.63, 3.8) is 0 Å². The lowest BCUT2D eigenvalue weighted by molar-refractivity contribution is 1.13. The molecule has 0 aliphatic carbocycles. The van der Waals surface area contributed by atoms with E-state index in [0.717, 1.165) is 0 Å². The summed E-state index contributed by atoms with van der Waals surface area (Å²) in [7, 11) is 0. The van der Waals surface area contributed by atoms with Crippen LogP contribution in [0.25, 0.3) is 49.2 Å². The van der Waals surface area contributed by atoms with Gasteiger partial charge in [0.15, 0.2) is 0 Å². The topological polar surface area (TPSA) is 20.7 Å². The Morgan fingerprint density at radius 1 is 0.615 bits per heavy atom. The van der Waals surface area contributed by atoms with Gasteiger partial charge in [0.2, 0.25) is 0 Å². The second-order valence-electron chi connectivity index (χ2n) is 6.81. The molecule has 2 nitrogen and oxygen atoms in total. The van der Waals surface area contributed by atoms with E-state index in [-0.39, 0.29) is 0 Å². The number of rotatable bonds is 1. The predicted molar refractivity (Wildman–Crippen MR) is 110 cm³/mol. The van der Waals surface area contributed by atoms with Gasteiger partial charge in [-0.2, -0.15) is 0 Å². The molecule has 122 valence electrons. The third-order valence-electron chi connectivity index (χ3n) is 5.34.